The molecule has 0 aliphatic heterocycles. The molecular formula is C22H22FN5O2S. The molecule has 0 fully saturated rings. The average molecular weight is 440 g/mol. The molecule has 1 N–H and O–H groups in total. The first-order valence-corrected chi connectivity index (χ1v) is 11.0. The van der Waals surface area contributed by atoms with Crippen molar-refractivity contribution in [2.45, 2.75) is 43.6 Å². The lowest BCUT2D eigenvalue weighted by Gasteiger charge is -2.13. The number of aromatic nitrogens is 4. The second-order valence-electron chi connectivity index (χ2n) is 7.21. The van der Waals surface area contributed by atoms with Crippen molar-refractivity contribution in [1.29, 1.82) is 0 Å². The molecule has 0 spiro atoms. The number of nitrogens with one attached hydrogen (secondary N) is 1. The molecule has 4 aromatic rings. The molecular weight excluding hydrogens is 417 g/mol. The van der Waals surface area contributed by atoms with Crippen molar-refractivity contribution in [2.75, 3.05) is 5.32 Å². The van der Waals surface area contributed by atoms with Crippen molar-refractivity contribution >= 4 is 40.0 Å². The van der Waals surface area contributed by atoms with Gasteiger partial charge in [0, 0.05) is 12.2 Å². The van der Waals surface area contributed by atoms with Gasteiger partial charge in [0.1, 0.15) is 5.82 Å². The van der Waals surface area contributed by atoms with Crippen molar-refractivity contribution in [2.24, 2.45) is 0 Å². The fourth-order valence-electron chi connectivity index (χ4n) is 3.35. The van der Waals surface area contributed by atoms with Crippen LogP contribution in [0.1, 0.15) is 26.7 Å². The minimum absolute atomic E-state index is 0.0996. The summed E-state index contributed by atoms with van der Waals surface area (Å²) in [6.45, 7) is 4.35. The highest BCUT2D eigenvalue weighted by molar-refractivity contribution is 8.00. The summed E-state index contributed by atoms with van der Waals surface area (Å²) in [5, 5.41) is 11.8. The van der Waals surface area contributed by atoms with Gasteiger partial charge in [0.05, 0.1) is 16.2 Å². The molecule has 1 atom stereocenters. The highest BCUT2D eigenvalue weighted by Gasteiger charge is 2.21. The fraction of sp³-hybridized carbons (Fsp3) is 0.273. The van der Waals surface area contributed by atoms with Gasteiger partial charge in [-0.1, -0.05) is 43.3 Å². The molecule has 7 nitrogen and oxygen atoms in total. The number of anilines is 1. The Morgan fingerprint density at radius 3 is 2.77 bits per heavy atom. The van der Waals surface area contributed by atoms with Crippen LogP contribution in [-0.2, 0) is 11.3 Å². The van der Waals surface area contributed by atoms with E-state index in [1.165, 1.54) is 30.0 Å². The highest BCUT2D eigenvalue weighted by Crippen LogP contribution is 2.26. The number of rotatable bonds is 7. The van der Waals surface area contributed by atoms with Crippen LogP contribution >= 0.6 is 11.8 Å². The van der Waals surface area contributed by atoms with E-state index < -0.39 is 11.1 Å². The number of hydrogen-bond acceptors (Lipinski definition) is 5. The summed E-state index contributed by atoms with van der Waals surface area (Å²) in [6, 6.07) is 13.1. The van der Waals surface area contributed by atoms with Crippen LogP contribution in [0.4, 0.5) is 10.1 Å². The first-order valence-electron chi connectivity index (χ1n) is 10.1. The number of halogens is 1. The zero-order valence-corrected chi connectivity index (χ0v) is 18.0. The second kappa shape index (κ2) is 8.89. The first-order chi connectivity index (χ1) is 15.0. The van der Waals surface area contributed by atoms with Gasteiger partial charge in [-0.05, 0) is 43.7 Å². The van der Waals surface area contributed by atoms with E-state index in [0.29, 0.717) is 34.1 Å². The second-order valence-corrected chi connectivity index (χ2v) is 8.51. The van der Waals surface area contributed by atoms with Gasteiger partial charge in [0.15, 0.2) is 5.16 Å². The number of carbonyl (C=O) groups is 1. The number of amides is 1. The molecule has 4 rings (SSSR count). The van der Waals surface area contributed by atoms with E-state index in [0.717, 1.165) is 12.8 Å². The third-order valence-corrected chi connectivity index (χ3v) is 6.00. The van der Waals surface area contributed by atoms with Gasteiger partial charge < -0.3 is 5.32 Å². The Morgan fingerprint density at radius 2 is 2.00 bits per heavy atom. The predicted molar refractivity (Wildman–Crippen MR) is 120 cm³/mol. The fourth-order valence-corrected chi connectivity index (χ4v) is 4.21. The third kappa shape index (κ3) is 4.18. The molecule has 2 aromatic heterocycles. The lowest BCUT2D eigenvalue weighted by molar-refractivity contribution is -0.115. The monoisotopic (exact) mass is 439 g/mol. The number of aryl methyl sites for hydroxylation is 1. The molecule has 2 heterocycles. The van der Waals surface area contributed by atoms with Crippen LogP contribution in [0.2, 0.25) is 0 Å². The van der Waals surface area contributed by atoms with Gasteiger partial charge in [-0.15, -0.1) is 10.2 Å². The maximum Gasteiger partial charge on any atom is 0.262 e. The predicted octanol–water partition coefficient (Wildman–Crippen LogP) is 4.10. The molecule has 2 aromatic carbocycles. The van der Waals surface area contributed by atoms with Crippen molar-refractivity contribution < 1.29 is 9.18 Å². The quantitative estimate of drug-likeness (QED) is 0.439. The summed E-state index contributed by atoms with van der Waals surface area (Å²) in [6.07, 6.45) is 1.79. The Bertz CT molecular complexity index is 1320. The average Bonchev–Trinajstić information content (AvgIpc) is 3.17. The van der Waals surface area contributed by atoms with E-state index in [-0.39, 0.29) is 11.5 Å². The van der Waals surface area contributed by atoms with Gasteiger partial charge in [-0.25, -0.2) is 4.39 Å². The standard InChI is InChI=1S/C22H22FN5O2S/c1-3-4-12-27-20(30)17-10-5-6-11-18(17)28-21(27)25-26-22(28)31-14(2)19(29)24-16-9-7-8-15(23)13-16/h5-11,13-14H,3-4,12H2,1-2H3,(H,24,29). The maximum atomic E-state index is 13.4. The van der Waals surface area contributed by atoms with E-state index in [1.54, 1.807) is 23.6 Å². The van der Waals surface area contributed by atoms with E-state index in [9.17, 15) is 14.0 Å². The van der Waals surface area contributed by atoms with E-state index in [2.05, 4.69) is 22.4 Å². The normalized spacial score (nSPS) is 12.4. The van der Waals surface area contributed by atoms with Crippen LogP contribution < -0.4 is 10.9 Å². The molecule has 0 bridgehead atoms. The van der Waals surface area contributed by atoms with Crippen LogP contribution in [0, 0.1) is 5.82 Å². The summed E-state index contributed by atoms with van der Waals surface area (Å²) >= 11 is 1.23. The Labute approximate surface area is 182 Å². The number of nitrogens with zero attached hydrogens (tertiary/aromatic N) is 4. The number of thioether (sulfide) groups is 1. The summed E-state index contributed by atoms with van der Waals surface area (Å²) in [7, 11) is 0. The Morgan fingerprint density at radius 1 is 1.19 bits per heavy atom. The number of fused-ring (bicyclic) bond motifs is 3. The van der Waals surface area contributed by atoms with Gasteiger partial charge in [-0.3, -0.25) is 18.6 Å². The summed E-state index contributed by atoms with van der Waals surface area (Å²) < 4.78 is 16.9. The summed E-state index contributed by atoms with van der Waals surface area (Å²) in [5.41, 5.74) is 0.986. The molecule has 0 saturated heterocycles. The molecule has 0 saturated carbocycles. The van der Waals surface area contributed by atoms with E-state index >= 15 is 0 Å². The van der Waals surface area contributed by atoms with E-state index in [1.807, 2.05) is 22.6 Å². The van der Waals surface area contributed by atoms with Gasteiger partial charge in [-0.2, -0.15) is 0 Å². The van der Waals surface area contributed by atoms with Crippen molar-refractivity contribution in [3.63, 3.8) is 0 Å². The first kappa shape index (κ1) is 21.0. The van der Waals surface area contributed by atoms with Crippen molar-refractivity contribution in [3.8, 4) is 0 Å². The SMILES string of the molecule is CCCCn1c(=O)c2ccccc2n2c(SC(C)C(=O)Nc3cccc(F)c3)nnc12. The Hall–Kier alpha value is -3.20. The molecule has 31 heavy (non-hydrogen) atoms. The minimum Gasteiger partial charge on any atom is -0.325 e. The molecule has 1 unspecified atom stereocenters. The molecule has 9 heteroatoms. The van der Waals surface area contributed by atoms with Crippen LogP contribution in [0.15, 0.2) is 58.5 Å². The summed E-state index contributed by atoms with van der Waals surface area (Å²) in [5.74, 6) is -0.244. The third-order valence-electron chi connectivity index (χ3n) is 4.96. The molecule has 0 radical (unpaired) electrons. The number of unbranched alkanes of at least 4 members (excludes halogenated alkanes) is 1. The minimum atomic E-state index is -0.523. The van der Waals surface area contributed by atoms with E-state index in [4.69, 9.17) is 0 Å². The lowest BCUT2D eigenvalue weighted by atomic mass is 10.2. The van der Waals surface area contributed by atoms with Crippen LogP contribution in [0.3, 0.4) is 0 Å². The Kier molecular flexibility index (Phi) is 6.03. The largest absolute Gasteiger partial charge is 0.325 e. The molecule has 0 aliphatic carbocycles. The van der Waals surface area contributed by atoms with Gasteiger partial charge in [0.2, 0.25) is 11.7 Å². The van der Waals surface area contributed by atoms with Crippen LogP contribution in [0.5, 0.6) is 0 Å². The topological polar surface area (TPSA) is 81.3 Å². The smallest absolute Gasteiger partial charge is 0.262 e. The van der Waals surface area contributed by atoms with Crippen molar-refractivity contribution in [1.82, 2.24) is 19.2 Å². The van der Waals surface area contributed by atoms with Crippen LogP contribution in [-0.4, -0.2) is 30.3 Å². The van der Waals surface area contributed by atoms with Crippen LogP contribution in [0.25, 0.3) is 16.7 Å². The summed E-state index contributed by atoms with van der Waals surface area (Å²) in [4.78, 5) is 25.6. The maximum absolute atomic E-state index is 13.4. The highest BCUT2D eigenvalue weighted by atomic mass is 32.2. The molecule has 0 aliphatic rings. The molecule has 1 amide bonds. The number of para-hydroxylation sites is 1. The zero-order valence-electron chi connectivity index (χ0n) is 17.2. The molecule has 160 valence electrons. The lowest BCUT2D eigenvalue weighted by Crippen LogP contribution is -2.24. The zero-order chi connectivity index (χ0) is 22.0. The number of benzene rings is 2. The number of hydrogen-bond donors (Lipinski definition) is 1. The van der Waals surface area contributed by atoms with Crippen molar-refractivity contribution in [3.05, 3.63) is 64.7 Å². The van der Waals surface area contributed by atoms with Gasteiger partial charge >= 0.3 is 0 Å². The number of carbonyl (C=O) groups excluding carboxylic acids is 1. The Balaban J connectivity index is 1.70. The van der Waals surface area contributed by atoms with Gasteiger partial charge in [0.25, 0.3) is 5.56 Å².